The standard InChI is InChI=1S/C8H6BrF2NO2/c1-3-4(9)2-5(7(10)11)12-6(3)8(13)14/h2,7H,1H3,(H,13,14). The SMILES string of the molecule is Cc1c(Br)cc(C(F)F)nc1C(=O)O. The molecule has 1 aromatic rings. The molecule has 0 radical (unpaired) electrons. The second kappa shape index (κ2) is 4.00. The van der Waals surface area contributed by atoms with Gasteiger partial charge in [-0.15, -0.1) is 0 Å². The van der Waals surface area contributed by atoms with Crippen LogP contribution in [0, 0.1) is 6.92 Å². The van der Waals surface area contributed by atoms with E-state index in [1.807, 2.05) is 0 Å². The first-order valence-corrected chi connectivity index (χ1v) is 4.41. The molecular weight excluding hydrogens is 260 g/mol. The first-order chi connectivity index (χ1) is 6.43. The van der Waals surface area contributed by atoms with E-state index in [0.717, 1.165) is 6.07 Å². The van der Waals surface area contributed by atoms with Crippen LogP contribution >= 0.6 is 15.9 Å². The van der Waals surface area contributed by atoms with E-state index < -0.39 is 18.1 Å². The highest BCUT2D eigenvalue weighted by Crippen LogP contribution is 2.25. The van der Waals surface area contributed by atoms with Gasteiger partial charge in [-0.2, -0.15) is 0 Å². The molecule has 1 aromatic heterocycles. The monoisotopic (exact) mass is 265 g/mol. The number of nitrogens with zero attached hydrogens (tertiary/aromatic N) is 1. The number of rotatable bonds is 2. The molecule has 0 amide bonds. The Balaban J connectivity index is 3.35. The van der Waals surface area contributed by atoms with Crippen LogP contribution in [0.3, 0.4) is 0 Å². The van der Waals surface area contributed by atoms with Crippen molar-refractivity contribution < 1.29 is 18.7 Å². The lowest BCUT2D eigenvalue weighted by atomic mass is 10.2. The molecule has 0 fully saturated rings. The molecule has 0 saturated carbocycles. The molecular formula is C8H6BrF2NO2. The zero-order valence-electron chi connectivity index (χ0n) is 7.09. The van der Waals surface area contributed by atoms with Crippen LogP contribution in [-0.4, -0.2) is 16.1 Å². The van der Waals surface area contributed by atoms with Gasteiger partial charge in [0.25, 0.3) is 6.43 Å². The summed E-state index contributed by atoms with van der Waals surface area (Å²) in [6, 6.07) is 1.12. The van der Waals surface area contributed by atoms with Crippen LogP contribution < -0.4 is 0 Å². The minimum atomic E-state index is -2.77. The van der Waals surface area contributed by atoms with Crippen LogP contribution in [0.5, 0.6) is 0 Å². The van der Waals surface area contributed by atoms with E-state index in [4.69, 9.17) is 5.11 Å². The molecule has 0 spiro atoms. The lowest BCUT2D eigenvalue weighted by Crippen LogP contribution is -2.06. The highest BCUT2D eigenvalue weighted by atomic mass is 79.9. The summed E-state index contributed by atoms with van der Waals surface area (Å²) in [7, 11) is 0. The van der Waals surface area contributed by atoms with Gasteiger partial charge < -0.3 is 5.11 Å². The number of hydrogen-bond acceptors (Lipinski definition) is 2. The Kier molecular flexibility index (Phi) is 3.15. The fourth-order valence-corrected chi connectivity index (χ4v) is 1.34. The number of carboxylic acids is 1. The quantitative estimate of drug-likeness (QED) is 0.895. The maximum atomic E-state index is 12.2. The smallest absolute Gasteiger partial charge is 0.354 e. The number of aromatic carboxylic acids is 1. The van der Waals surface area contributed by atoms with Gasteiger partial charge in [-0.3, -0.25) is 0 Å². The summed E-state index contributed by atoms with van der Waals surface area (Å²) in [5.74, 6) is -1.31. The minimum absolute atomic E-state index is 0.320. The average molecular weight is 266 g/mol. The summed E-state index contributed by atoms with van der Waals surface area (Å²) < 4.78 is 24.8. The normalized spacial score (nSPS) is 10.6. The highest BCUT2D eigenvalue weighted by Gasteiger charge is 2.17. The summed E-state index contributed by atoms with van der Waals surface area (Å²) in [4.78, 5) is 14.0. The minimum Gasteiger partial charge on any atom is -0.477 e. The summed E-state index contributed by atoms with van der Waals surface area (Å²) in [6.45, 7) is 1.50. The second-order valence-corrected chi connectivity index (χ2v) is 3.46. The lowest BCUT2D eigenvalue weighted by molar-refractivity contribution is 0.0687. The maximum absolute atomic E-state index is 12.2. The number of aromatic nitrogens is 1. The van der Waals surface area contributed by atoms with Crippen LogP contribution in [-0.2, 0) is 0 Å². The Morgan fingerprint density at radius 3 is 2.64 bits per heavy atom. The van der Waals surface area contributed by atoms with Gasteiger partial charge >= 0.3 is 5.97 Å². The maximum Gasteiger partial charge on any atom is 0.354 e. The van der Waals surface area contributed by atoms with Crippen molar-refractivity contribution in [1.82, 2.24) is 4.98 Å². The van der Waals surface area contributed by atoms with Crippen molar-refractivity contribution >= 4 is 21.9 Å². The Labute approximate surface area is 86.9 Å². The first kappa shape index (κ1) is 11.0. The van der Waals surface area contributed by atoms with Crippen LogP contribution in [0.1, 0.15) is 28.2 Å². The molecule has 0 aliphatic heterocycles. The van der Waals surface area contributed by atoms with Crippen molar-refractivity contribution in [2.75, 3.05) is 0 Å². The largest absolute Gasteiger partial charge is 0.477 e. The van der Waals surface area contributed by atoms with Gasteiger partial charge in [0.2, 0.25) is 0 Å². The van der Waals surface area contributed by atoms with Crippen molar-refractivity contribution in [2.24, 2.45) is 0 Å². The number of carbonyl (C=O) groups is 1. The van der Waals surface area contributed by atoms with E-state index in [1.54, 1.807) is 0 Å². The molecule has 1 heterocycles. The Morgan fingerprint density at radius 1 is 1.64 bits per heavy atom. The van der Waals surface area contributed by atoms with E-state index in [1.165, 1.54) is 6.92 Å². The Bertz CT molecular complexity index is 382. The molecule has 0 unspecified atom stereocenters. The fraction of sp³-hybridized carbons (Fsp3) is 0.250. The zero-order chi connectivity index (χ0) is 10.9. The van der Waals surface area contributed by atoms with Crippen LogP contribution in [0.25, 0.3) is 0 Å². The molecule has 0 bridgehead atoms. The molecule has 1 rings (SSSR count). The Morgan fingerprint density at radius 2 is 2.21 bits per heavy atom. The zero-order valence-corrected chi connectivity index (χ0v) is 8.68. The van der Waals surface area contributed by atoms with Crippen molar-refractivity contribution in [1.29, 1.82) is 0 Å². The van der Waals surface area contributed by atoms with Gasteiger partial charge in [-0.05, 0) is 18.6 Å². The van der Waals surface area contributed by atoms with E-state index >= 15 is 0 Å². The molecule has 0 aromatic carbocycles. The van der Waals surface area contributed by atoms with Gasteiger partial charge in [-0.25, -0.2) is 18.6 Å². The van der Waals surface area contributed by atoms with Gasteiger partial charge in [0.1, 0.15) is 5.69 Å². The molecule has 14 heavy (non-hydrogen) atoms. The molecule has 0 aliphatic rings. The molecule has 6 heteroatoms. The predicted octanol–water partition coefficient (Wildman–Crippen LogP) is 2.79. The number of pyridine rings is 1. The van der Waals surface area contributed by atoms with Crippen molar-refractivity contribution in [3.05, 3.63) is 27.5 Å². The average Bonchev–Trinajstić information content (AvgIpc) is 2.08. The predicted molar refractivity (Wildman–Crippen MR) is 48.6 cm³/mol. The molecule has 3 nitrogen and oxygen atoms in total. The number of hydrogen-bond donors (Lipinski definition) is 1. The van der Waals surface area contributed by atoms with E-state index in [9.17, 15) is 13.6 Å². The van der Waals surface area contributed by atoms with Gasteiger partial charge in [0.05, 0.1) is 0 Å². The molecule has 0 saturated heterocycles. The fourth-order valence-electron chi connectivity index (χ4n) is 0.916. The Hall–Kier alpha value is -1.04. The number of alkyl halides is 2. The summed E-state index contributed by atoms with van der Waals surface area (Å²) >= 11 is 3.00. The highest BCUT2D eigenvalue weighted by molar-refractivity contribution is 9.10. The van der Waals surface area contributed by atoms with Gasteiger partial charge in [0.15, 0.2) is 5.69 Å². The summed E-state index contributed by atoms with van der Waals surface area (Å²) in [5.41, 5.74) is -0.559. The van der Waals surface area contributed by atoms with Crippen molar-refractivity contribution in [3.63, 3.8) is 0 Å². The molecule has 76 valence electrons. The third-order valence-electron chi connectivity index (χ3n) is 1.66. The second-order valence-electron chi connectivity index (χ2n) is 2.61. The third kappa shape index (κ3) is 2.06. The van der Waals surface area contributed by atoms with Gasteiger partial charge in [0, 0.05) is 4.47 Å². The van der Waals surface area contributed by atoms with Crippen LogP contribution in [0.4, 0.5) is 8.78 Å². The van der Waals surface area contributed by atoms with Crippen LogP contribution in [0.2, 0.25) is 0 Å². The van der Waals surface area contributed by atoms with Crippen LogP contribution in [0.15, 0.2) is 10.5 Å². The molecule has 0 atom stereocenters. The van der Waals surface area contributed by atoms with Crippen molar-refractivity contribution in [3.8, 4) is 0 Å². The first-order valence-electron chi connectivity index (χ1n) is 3.62. The van der Waals surface area contributed by atoms with E-state index in [2.05, 4.69) is 20.9 Å². The summed E-state index contributed by atoms with van der Waals surface area (Å²) in [5, 5.41) is 8.67. The van der Waals surface area contributed by atoms with Crippen molar-refractivity contribution in [2.45, 2.75) is 13.3 Å². The summed E-state index contributed by atoms with van der Waals surface area (Å²) in [6.07, 6.45) is -2.77. The number of carboxylic acid groups (broad SMARTS) is 1. The topological polar surface area (TPSA) is 50.2 Å². The third-order valence-corrected chi connectivity index (χ3v) is 2.48. The van der Waals surface area contributed by atoms with E-state index in [0.29, 0.717) is 10.0 Å². The van der Waals surface area contributed by atoms with Gasteiger partial charge in [-0.1, -0.05) is 15.9 Å². The lowest BCUT2D eigenvalue weighted by Gasteiger charge is -2.06. The van der Waals surface area contributed by atoms with E-state index in [-0.39, 0.29) is 5.69 Å². The number of halogens is 3. The molecule has 1 N–H and O–H groups in total. The molecule has 0 aliphatic carbocycles.